The molecule has 0 fully saturated rings. The molecule has 0 spiro atoms. The molecule has 2 N–H and O–H groups in total. The average molecular weight is 280 g/mol. The number of hydrogen-bond acceptors (Lipinski definition) is 2. The van der Waals surface area contributed by atoms with E-state index in [-0.39, 0.29) is 18.4 Å². The quantitative estimate of drug-likeness (QED) is 0.857. The fraction of sp³-hybridized carbons (Fsp3) is 0.500. The van der Waals surface area contributed by atoms with Crippen molar-refractivity contribution in [3.05, 3.63) is 28.5 Å². The van der Waals surface area contributed by atoms with Crippen molar-refractivity contribution in [3.8, 4) is 0 Å². The van der Waals surface area contributed by atoms with Gasteiger partial charge >= 0.3 is 0 Å². The SMILES string of the molecule is CCCC[C@@H](N)c1cccc(Br)n1.Cl. The summed E-state index contributed by atoms with van der Waals surface area (Å²) < 4.78 is 0.858. The third kappa shape index (κ3) is 4.40. The third-order valence-corrected chi connectivity index (χ3v) is 2.43. The summed E-state index contributed by atoms with van der Waals surface area (Å²) >= 11 is 3.33. The van der Waals surface area contributed by atoms with Gasteiger partial charge in [0.1, 0.15) is 4.60 Å². The van der Waals surface area contributed by atoms with Crippen LogP contribution in [0.4, 0.5) is 0 Å². The lowest BCUT2D eigenvalue weighted by molar-refractivity contribution is 0.589. The summed E-state index contributed by atoms with van der Waals surface area (Å²) in [7, 11) is 0. The molecule has 0 saturated carbocycles. The van der Waals surface area contributed by atoms with E-state index in [1.54, 1.807) is 0 Å². The Labute approximate surface area is 99.8 Å². The minimum absolute atomic E-state index is 0. The predicted octanol–water partition coefficient (Wildman–Crippen LogP) is 3.46. The standard InChI is InChI=1S/C10H15BrN2.ClH/c1-2-3-5-8(12)9-6-4-7-10(11)13-9;/h4,6-8H,2-3,5,12H2,1H3;1H/t8-;/m1./s1. The van der Waals surface area contributed by atoms with Crippen molar-refractivity contribution in [1.29, 1.82) is 0 Å². The molecule has 1 heterocycles. The predicted molar refractivity (Wildman–Crippen MR) is 65.6 cm³/mol. The Hall–Kier alpha value is -0.120. The molecule has 1 rings (SSSR count). The van der Waals surface area contributed by atoms with Crippen molar-refractivity contribution >= 4 is 28.3 Å². The van der Waals surface area contributed by atoms with E-state index >= 15 is 0 Å². The van der Waals surface area contributed by atoms with Gasteiger partial charge in [-0.1, -0.05) is 25.8 Å². The molecule has 0 saturated heterocycles. The van der Waals surface area contributed by atoms with E-state index in [0.29, 0.717) is 0 Å². The zero-order valence-corrected chi connectivity index (χ0v) is 10.6. The fourth-order valence-corrected chi connectivity index (χ4v) is 1.56. The molecule has 0 aliphatic heterocycles. The van der Waals surface area contributed by atoms with Gasteiger partial charge in [0, 0.05) is 6.04 Å². The van der Waals surface area contributed by atoms with E-state index in [4.69, 9.17) is 5.73 Å². The summed E-state index contributed by atoms with van der Waals surface area (Å²) in [6.07, 6.45) is 3.36. The van der Waals surface area contributed by atoms with E-state index in [2.05, 4.69) is 27.8 Å². The molecule has 0 amide bonds. The van der Waals surface area contributed by atoms with Gasteiger partial charge in [0.25, 0.3) is 0 Å². The van der Waals surface area contributed by atoms with Crippen molar-refractivity contribution in [3.63, 3.8) is 0 Å². The van der Waals surface area contributed by atoms with Gasteiger partial charge in [0.2, 0.25) is 0 Å². The number of hydrogen-bond donors (Lipinski definition) is 1. The maximum Gasteiger partial charge on any atom is 0.106 e. The first kappa shape index (κ1) is 13.9. The molecular weight excluding hydrogens is 263 g/mol. The molecular formula is C10H16BrClN2. The van der Waals surface area contributed by atoms with Gasteiger partial charge in [-0.2, -0.15) is 0 Å². The van der Waals surface area contributed by atoms with Gasteiger partial charge in [0.05, 0.1) is 5.69 Å². The molecule has 0 aromatic carbocycles. The van der Waals surface area contributed by atoms with Gasteiger partial charge in [-0.25, -0.2) is 4.98 Å². The first-order valence-electron chi connectivity index (χ1n) is 4.62. The summed E-state index contributed by atoms with van der Waals surface area (Å²) in [4.78, 5) is 4.32. The molecule has 14 heavy (non-hydrogen) atoms. The maximum absolute atomic E-state index is 5.97. The van der Waals surface area contributed by atoms with Crippen LogP contribution >= 0.6 is 28.3 Å². The van der Waals surface area contributed by atoms with Crippen LogP contribution in [-0.4, -0.2) is 4.98 Å². The van der Waals surface area contributed by atoms with Crippen molar-refractivity contribution in [1.82, 2.24) is 4.98 Å². The number of nitrogens with zero attached hydrogens (tertiary/aromatic N) is 1. The number of aromatic nitrogens is 1. The lowest BCUT2D eigenvalue weighted by Gasteiger charge is -2.09. The Morgan fingerprint density at radius 1 is 1.50 bits per heavy atom. The second-order valence-corrected chi connectivity index (χ2v) is 3.95. The zero-order valence-electron chi connectivity index (χ0n) is 8.24. The molecule has 4 heteroatoms. The minimum atomic E-state index is 0. The highest BCUT2D eigenvalue weighted by atomic mass is 79.9. The maximum atomic E-state index is 5.97. The molecule has 0 unspecified atom stereocenters. The molecule has 1 aromatic heterocycles. The first-order chi connectivity index (χ1) is 6.24. The Balaban J connectivity index is 0.00000169. The highest BCUT2D eigenvalue weighted by Gasteiger charge is 2.06. The summed E-state index contributed by atoms with van der Waals surface area (Å²) in [5, 5.41) is 0. The van der Waals surface area contributed by atoms with Gasteiger partial charge in [-0.3, -0.25) is 0 Å². The number of unbranched alkanes of at least 4 members (excludes halogenated alkanes) is 1. The van der Waals surface area contributed by atoms with Gasteiger partial charge < -0.3 is 5.73 Å². The topological polar surface area (TPSA) is 38.9 Å². The van der Waals surface area contributed by atoms with Gasteiger partial charge in [0.15, 0.2) is 0 Å². The second-order valence-electron chi connectivity index (χ2n) is 3.13. The third-order valence-electron chi connectivity index (χ3n) is 1.99. The van der Waals surface area contributed by atoms with Crippen molar-refractivity contribution in [2.45, 2.75) is 32.2 Å². The van der Waals surface area contributed by atoms with Crippen molar-refractivity contribution < 1.29 is 0 Å². The van der Waals surface area contributed by atoms with E-state index in [1.165, 1.54) is 6.42 Å². The van der Waals surface area contributed by atoms with Crippen LogP contribution in [0.3, 0.4) is 0 Å². The van der Waals surface area contributed by atoms with Crippen molar-refractivity contribution in [2.24, 2.45) is 5.73 Å². The molecule has 0 aliphatic rings. The Bertz CT molecular complexity index is 268. The molecule has 0 radical (unpaired) electrons. The van der Waals surface area contributed by atoms with Crippen LogP contribution < -0.4 is 5.73 Å². The van der Waals surface area contributed by atoms with Gasteiger partial charge in [-0.05, 0) is 34.5 Å². The van der Waals surface area contributed by atoms with Crippen LogP contribution in [-0.2, 0) is 0 Å². The van der Waals surface area contributed by atoms with Crippen LogP contribution in [0, 0.1) is 0 Å². The smallest absolute Gasteiger partial charge is 0.106 e. The van der Waals surface area contributed by atoms with Crippen LogP contribution in [0.5, 0.6) is 0 Å². The fourth-order valence-electron chi connectivity index (χ4n) is 1.20. The molecule has 80 valence electrons. The Morgan fingerprint density at radius 3 is 2.79 bits per heavy atom. The monoisotopic (exact) mass is 278 g/mol. The highest BCUT2D eigenvalue weighted by Crippen LogP contribution is 2.16. The van der Waals surface area contributed by atoms with Crippen LogP contribution in [0.2, 0.25) is 0 Å². The number of nitrogens with two attached hydrogens (primary N) is 1. The number of pyridine rings is 1. The van der Waals surface area contributed by atoms with Crippen molar-refractivity contribution in [2.75, 3.05) is 0 Å². The summed E-state index contributed by atoms with van der Waals surface area (Å²) in [6.45, 7) is 2.17. The van der Waals surface area contributed by atoms with E-state index in [0.717, 1.165) is 23.1 Å². The largest absolute Gasteiger partial charge is 0.323 e. The van der Waals surface area contributed by atoms with Gasteiger partial charge in [-0.15, -0.1) is 12.4 Å². The van der Waals surface area contributed by atoms with E-state index in [1.807, 2.05) is 18.2 Å². The Morgan fingerprint density at radius 2 is 2.21 bits per heavy atom. The van der Waals surface area contributed by atoms with Crippen LogP contribution in [0.1, 0.15) is 37.9 Å². The summed E-state index contributed by atoms with van der Waals surface area (Å²) in [5.74, 6) is 0. The first-order valence-corrected chi connectivity index (χ1v) is 5.41. The molecule has 1 aromatic rings. The average Bonchev–Trinajstić information content (AvgIpc) is 2.14. The second kappa shape index (κ2) is 7.21. The molecule has 0 bridgehead atoms. The molecule has 2 nitrogen and oxygen atoms in total. The normalized spacial score (nSPS) is 11.9. The summed E-state index contributed by atoms with van der Waals surface area (Å²) in [6, 6.07) is 5.94. The lowest BCUT2D eigenvalue weighted by Crippen LogP contribution is -2.11. The van der Waals surface area contributed by atoms with E-state index in [9.17, 15) is 0 Å². The number of halogens is 2. The van der Waals surface area contributed by atoms with Crippen LogP contribution in [0.25, 0.3) is 0 Å². The molecule has 1 atom stereocenters. The van der Waals surface area contributed by atoms with Crippen LogP contribution in [0.15, 0.2) is 22.8 Å². The summed E-state index contributed by atoms with van der Waals surface area (Å²) in [5.41, 5.74) is 6.94. The molecule has 0 aliphatic carbocycles. The lowest BCUT2D eigenvalue weighted by atomic mass is 10.1. The van der Waals surface area contributed by atoms with E-state index < -0.39 is 0 Å². The zero-order chi connectivity index (χ0) is 9.68. The highest BCUT2D eigenvalue weighted by molar-refractivity contribution is 9.10. The Kier molecular flexibility index (Phi) is 7.15. The number of rotatable bonds is 4. The minimum Gasteiger partial charge on any atom is -0.323 e.